The summed E-state index contributed by atoms with van der Waals surface area (Å²) in [5.41, 5.74) is 2.14. The first kappa shape index (κ1) is 22.2. The van der Waals surface area contributed by atoms with Crippen molar-refractivity contribution in [3.63, 3.8) is 0 Å². The van der Waals surface area contributed by atoms with E-state index in [2.05, 4.69) is 10.6 Å². The maximum Gasteiger partial charge on any atom is 0.282 e. The molecule has 5 nitrogen and oxygen atoms in total. The van der Waals surface area contributed by atoms with Gasteiger partial charge in [-0.05, 0) is 56.2 Å². The Balaban J connectivity index is 2.03. The molecule has 2 rings (SSSR count). The van der Waals surface area contributed by atoms with Crippen molar-refractivity contribution in [3.8, 4) is 0 Å². The van der Waals surface area contributed by atoms with Gasteiger partial charge in [0.25, 0.3) is 11.8 Å². The molecule has 0 bridgehead atoms. The largest absolute Gasteiger partial charge is 0.321 e. The van der Waals surface area contributed by atoms with E-state index in [4.69, 9.17) is 23.2 Å². The van der Waals surface area contributed by atoms with Gasteiger partial charge in [0.15, 0.2) is 12.6 Å². The van der Waals surface area contributed by atoms with Crippen LogP contribution in [0.15, 0.2) is 42.5 Å². The lowest BCUT2D eigenvalue weighted by Crippen LogP contribution is -3.17. The molecule has 0 heterocycles. The minimum Gasteiger partial charge on any atom is -0.321 e. The lowest BCUT2D eigenvalue weighted by atomic mass is 10.2. The highest BCUT2D eigenvalue weighted by molar-refractivity contribution is 6.31. The SMILES string of the molecule is CCC[NH+](CC(=O)Nc1cccc(Cl)c1C)[C@@H](C)C(=O)Nc1cccc(Cl)c1. The van der Waals surface area contributed by atoms with Crippen molar-refractivity contribution in [2.75, 3.05) is 23.7 Å². The number of halogens is 2. The van der Waals surface area contributed by atoms with Crippen LogP contribution < -0.4 is 15.5 Å². The molecular formula is C21H26Cl2N3O2+. The normalized spacial score (nSPS) is 12.9. The summed E-state index contributed by atoms with van der Waals surface area (Å²) >= 11 is 12.1. The van der Waals surface area contributed by atoms with Crippen LogP contribution in [0.2, 0.25) is 10.0 Å². The van der Waals surface area contributed by atoms with Crippen molar-refractivity contribution >= 4 is 46.4 Å². The van der Waals surface area contributed by atoms with E-state index in [1.54, 1.807) is 36.4 Å². The Kier molecular flexibility index (Phi) is 8.30. The second kappa shape index (κ2) is 10.5. The molecule has 2 amide bonds. The van der Waals surface area contributed by atoms with Crippen LogP contribution in [0, 0.1) is 6.92 Å². The second-order valence-corrected chi connectivity index (χ2v) is 7.61. The van der Waals surface area contributed by atoms with Crippen LogP contribution in [-0.4, -0.2) is 30.9 Å². The van der Waals surface area contributed by atoms with Gasteiger partial charge in [-0.25, -0.2) is 0 Å². The van der Waals surface area contributed by atoms with Crippen LogP contribution >= 0.6 is 23.2 Å². The number of carbonyl (C=O) groups is 2. The van der Waals surface area contributed by atoms with Crippen LogP contribution in [0.3, 0.4) is 0 Å². The molecule has 28 heavy (non-hydrogen) atoms. The number of hydrogen-bond acceptors (Lipinski definition) is 2. The van der Waals surface area contributed by atoms with E-state index in [1.165, 1.54) is 0 Å². The summed E-state index contributed by atoms with van der Waals surface area (Å²) in [6.07, 6.45) is 0.855. The zero-order valence-electron chi connectivity index (χ0n) is 16.3. The van der Waals surface area contributed by atoms with Crippen molar-refractivity contribution in [1.82, 2.24) is 0 Å². The Morgan fingerprint density at radius 3 is 2.50 bits per heavy atom. The van der Waals surface area contributed by atoms with Crippen molar-refractivity contribution in [1.29, 1.82) is 0 Å². The molecule has 0 radical (unpaired) electrons. The van der Waals surface area contributed by atoms with Gasteiger partial charge in [-0.15, -0.1) is 0 Å². The smallest absolute Gasteiger partial charge is 0.282 e. The van der Waals surface area contributed by atoms with Gasteiger partial charge in [0, 0.05) is 21.4 Å². The topological polar surface area (TPSA) is 62.6 Å². The summed E-state index contributed by atoms with van der Waals surface area (Å²) in [5, 5.41) is 6.92. The summed E-state index contributed by atoms with van der Waals surface area (Å²) in [4.78, 5) is 26.1. The van der Waals surface area contributed by atoms with Gasteiger partial charge in [-0.1, -0.05) is 42.3 Å². The number of rotatable bonds is 8. The van der Waals surface area contributed by atoms with Gasteiger partial charge >= 0.3 is 0 Å². The van der Waals surface area contributed by atoms with Crippen molar-refractivity contribution in [2.45, 2.75) is 33.2 Å². The van der Waals surface area contributed by atoms with Gasteiger partial charge in [0.1, 0.15) is 0 Å². The van der Waals surface area contributed by atoms with Crippen LogP contribution in [0.1, 0.15) is 25.8 Å². The fraction of sp³-hybridized carbons (Fsp3) is 0.333. The molecule has 0 aliphatic rings. The highest BCUT2D eigenvalue weighted by Gasteiger charge is 2.27. The number of quaternary nitrogens is 1. The molecule has 0 aliphatic carbocycles. The number of benzene rings is 2. The molecule has 2 aromatic carbocycles. The van der Waals surface area contributed by atoms with E-state index in [1.807, 2.05) is 26.8 Å². The lowest BCUT2D eigenvalue weighted by molar-refractivity contribution is -0.905. The fourth-order valence-electron chi connectivity index (χ4n) is 2.92. The molecular weight excluding hydrogens is 397 g/mol. The molecule has 0 spiro atoms. The van der Waals surface area contributed by atoms with Crippen LogP contribution in [0.25, 0.3) is 0 Å². The first-order valence-electron chi connectivity index (χ1n) is 9.27. The average molecular weight is 423 g/mol. The highest BCUT2D eigenvalue weighted by Crippen LogP contribution is 2.22. The summed E-state index contributed by atoms with van der Waals surface area (Å²) in [6, 6.07) is 12.0. The van der Waals surface area contributed by atoms with Gasteiger partial charge < -0.3 is 15.5 Å². The molecule has 2 aromatic rings. The molecule has 0 saturated carbocycles. The third-order valence-electron chi connectivity index (χ3n) is 4.60. The van der Waals surface area contributed by atoms with E-state index in [0.29, 0.717) is 28.0 Å². The second-order valence-electron chi connectivity index (χ2n) is 6.77. The molecule has 3 N–H and O–H groups in total. The summed E-state index contributed by atoms with van der Waals surface area (Å²) < 4.78 is 0. The van der Waals surface area contributed by atoms with E-state index >= 15 is 0 Å². The van der Waals surface area contributed by atoms with Gasteiger partial charge in [-0.2, -0.15) is 0 Å². The number of hydrogen-bond donors (Lipinski definition) is 3. The predicted molar refractivity (Wildman–Crippen MR) is 115 cm³/mol. The highest BCUT2D eigenvalue weighted by atomic mass is 35.5. The molecule has 2 atom stereocenters. The Labute approximate surface area is 176 Å². The van der Waals surface area contributed by atoms with E-state index in [-0.39, 0.29) is 18.4 Å². The Hall–Kier alpha value is -2.08. The van der Waals surface area contributed by atoms with Gasteiger partial charge in [-0.3, -0.25) is 9.59 Å². The van der Waals surface area contributed by atoms with Crippen molar-refractivity contribution in [2.24, 2.45) is 0 Å². The summed E-state index contributed by atoms with van der Waals surface area (Å²) in [7, 11) is 0. The number of nitrogens with one attached hydrogen (secondary N) is 3. The molecule has 0 fully saturated rings. The van der Waals surface area contributed by atoms with Gasteiger partial charge in [0.2, 0.25) is 0 Å². The third kappa shape index (κ3) is 6.23. The third-order valence-corrected chi connectivity index (χ3v) is 5.24. The number of carbonyl (C=O) groups excluding carboxylic acids is 2. The van der Waals surface area contributed by atoms with Gasteiger partial charge in [0.05, 0.1) is 6.54 Å². The summed E-state index contributed by atoms with van der Waals surface area (Å²) in [6.45, 7) is 6.59. The summed E-state index contributed by atoms with van der Waals surface area (Å²) in [5.74, 6) is -0.311. The zero-order valence-corrected chi connectivity index (χ0v) is 17.8. The molecule has 1 unspecified atom stereocenters. The van der Waals surface area contributed by atoms with E-state index < -0.39 is 6.04 Å². The molecule has 0 saturated heterocycles. The fourth-order valence-corrected chi connectivity index (χ4v) is 3.29. The Morgan fingerprint density at radius 2 is 1.82 bits per heavy atom. The minimum atomic E-state index is -0.398. The van der Waals surface area contributed by atoms with E-state index in [0.717, 1.165) is 16.9 Å². The van der Waals surface area contributed by atoms with E-state index in [9.17, 15) is 9.59 Å². The quantitative estimate of drug-likeness (QED) is 0.608. The monoisotopic (exact) mass is 422 g/mol. The minimum absolute atomic E-state index is 0.155. The van der Waals surface area contributed by atoms with Crippen LogP contribution in [0.4, 0.5) is 11.4 Å². The average Bonchev–Trinajstić information content (AvgIpc) is 2.64. The first-order valence-corrected chi connectivity index (χ1v) is 10.0. The number of amides is 2. The molecule has 0 aliphatic heterocycles. The first-order chi connectivity index (χ1) is 13.3. The molecule has 0 aromatic heterocycles. The Morgan fingerprint density at radius 1 is 1.11 bits per heavy atom. The van der Waals surface area contributed by atoms with Crippen LogP contribution in [0.5, 0.6) is 0 Å². The van der Waals surface area contributed by atoms with Crippen molar-refractivity contribution < 1.29 is 14.5 Å². The Bertz CT molecular complexity index is 842. The maximum absolute atomic E-state index is 12.7. The van der Waals surface area contributed by atoms with Crippen LogP contribution in [-0.2, 0) is 9.59 Å². The number of anilines is 2. The lowest BCUT2D eigenvalue weighted by Gasteiger charge is -2.24. The maximum atomic E-state index is 12.7. The molecule has 150 valence electrons. The van der Waals surface area contributed by atoms with Crippen molar-refractivity contribution in [3.05, 3.63) is 58.1 Å². The zero-order chi connectivity index (χ0) is 20.7. The molecule has 7 heteroatoms. The predicted octanol–water partition coefficient (Wildman–Crippen LogP) is 3.56. The standard InChI is InChI=1S/C21H25Cl2N3O2/c1-4-11-26(13-20(27)25-19-10-6-9-18(23)14(19)2)15(3)21(28)24-17-8-5-7-16(22)12-17/h5-10,12,15H,4,11,13H2,1-3H3,(H,24,28)(H,25,27)/p+1/t15-/m0/s1.